The van der Waals surface area contributed by atoms with Crippen LogP contribution in [0.2, 0.25) is 0 Å². The molecule has 20 heavy (non-hydrogen) atoms. The van der Waals surface area contributed by atoms with E-state index >= 15 is 0 Å². The van der Waals surface area contributed by atoms with E-state index < -0.39 is 0 Å². The van der Waals surface area contributed by atoms with Crippen LogP contribution in [0.3, 0.4) is 0 Å². The van der Waals surface area contributed by atoms with Crippen molar-refractivity contribution in [1.29, 1.82) is 0 Å². The van der Waals surface area contributed by atoms with Gasteiger partial charge in [0.1, 0.15) is 0 Å². The predicted molar refractivity (Wildman–Crippen MR) is 79.0 cm³/mol. The molecule has 0 spiro atoms. The number of carbonyl (C=O) groups excluding carboxylic acids is 1. The average molecular weight is 269 g/mol. The smallest absolute Gasteiger partial charge is 0.234 e. The molecule has 2 N–H and O–H groups in total. The van der Waals surface area contributed by atoms with E-state index in [1.165, 1.54) is 0 Å². The summed E-state index contributed by atoms with van der Waals surface area (Å²) >= 11 is 0. The minimum Gasteiger partial charge on any atom is -0.351 e. The minimum absolute atomic E-state index is 0.0130. The molecular formula is C16H19N3O. The first-order chi connectivity index (χ1) is 9.74. The summed E-state index contributed by atoms with van der Waals surface area (Å²) in [5.41, 5.74) is 3.17. The highest BCUT2D eigenvalue weighted by Gasteiger charge is 2.01. The van der Waals surface area contributed by atoms with Gasteiger partial charge in [0, 0.05) is 19.3 Å². The number of pyridine rings is 1. The van der Waals surface area contributed by atoms with E-state index in [-0.39, 0.29) is 5.91 Å². The lowest BCUT2D eigenvalue weighted by molar-refractivity contribution is -0.120. The quantitative estimate of drug-likeness (QED) is 0.840. The molecule has 2 aromatic rings. The lowest BCUT2D eigenvalue weighted by atomic mass is 10.2. The van der Waals surface area contributed by atoms with Gasteiger partial charge in [0.25, 0.3) is 0 Å². The van der Waals surface area contributed by atoms with E-state index in [2.05, 4.69) is 15.6 Å². The molecule has 1 aromatic heterocycles. The van der Waals surface area contributed by atoms with Gasteiger partial charge in [0.15, 0.2) is 0 Å². The Morgan fingerprint density at radius 3 is 2.60 bits per heavy atom. The second kappa shape index (κ2) is 7.40. The first-order valence-electron chi connectivity index (χ1n) is 6.67. The second-order valence-corrected chi connectivity index (χ2v) is 4.69. The molecule has 0 saturated heterocycles. The van der Waals surface area contributed by atoms with Crippen LogP contribution >= 0.6 is 0 Å². The van der Waals surface area contributed by atoms with E-state index in [4.69, 9.17) is 0 Å². The number of aromatic nitrogens is 1. The Bertz CT molecular complexity index is 537. The number of hydrogen-bond donors (Lipinski definition) is 2. The Morgan fingerprint density at radius 2 is 1.90 bits per heavy atom. The number of hydrogen-bond acceptors (Lipinski definition) is 3. The van der Waals surface area contributed by atoms with Crippen LogP contribution in [0, 0.1) is 6.92 Å². The van der Waals surface area contributed by atoms with Crippen molar-refractivity contribution in [2.45, 2.75) is 20.0 Å². The monoisotopic (exact) mass is 269 g/mol. The molecule has 0 saturated carbocycles. The Kier molecular flexibility index (Phi) is 5.26. The summed E-state index contributed by atoms with van der Waals surface area (Å²) in [6.07, 6.45) is 1.83. The predicted octanol–water partition coefficient (Wildman–Crippen LogP) is 1.80. The van der Waals surface area contributed by atoms with Crippen LogP contribution < -0.4 is 10.6 Å². The van der Waals surface area contributed by atoms with Gasteiger partial charge in [-0.05, 0) is 24.1 Å². The molecular weight excluding hydrogens is 250 g/mol. The third-order valence-corrected chi connectivity index (χ3v) is 2.90. The molecule has 0 bridgehead atoms. The van der Waals surface area contributed by atoms with E-state index in [0.29, 0.717) is 19.6 Å². The fourth-order valence-electron chi connectivity index (χ4n) is 1.77. The van der Waals surface area contributed by atoms with Gasteiger partial charge in [0.05, 0.1) is 12.2 Å². The number of carbonyl (C=O) groups is 1. The van der Waals surface area contributed by atoms with Gasteiger partial charge in [-0.2, -0.15) is 0 Å². The molecule has 4 heteroatoms. The highest BCUT2D eigenvalue weighted by atomic mass is 16.1. The third-order valence-electron chi connectivity index (χ3n) is 2.90. The summed E-state index contributed by atoms with van der Waals surface area (Å²) in [4.78, 5) is 15.9. The topological polar surface area (TPSA) is 54.0 Å². The number of benzene rings is 1. The number of aryl methyl sites for hydroxylation is 1. The number of rotatable bonds is 6. The molecule has 1 aromatic carbocycles. The van der Waals surface area contributed by atoms with E-state index in [9.17, 15) is 4.79 Å². The molecule has 0 radical (unpaired) electrons. The fourth-order valence-corrected chi connectivity index (χ4v) is 1.77. The molecule has 104 valence electrons. The van der Waals surface area contributed by atoms with Crippen LogP contribution in [-0.4, -0.2) is 17.4 Å². The van der Waals surface area contributed by atoms with Crippen molar-refractivity contribution in [3.63, 3.8) is 0 Å². The molecule has 1 heterocycles. The zero-order valence-electron chi connectivity index (χ0n) is 11.6. The van der Waals surface area contributed by atoms with Crippen molar-refractivity contribution in [2.75, 3.05) is 6.54 Å². The standard InChI is InChI=1S/C16H19N3O/c1-13-7-8-15(18-9-13)11-17-12-16(20)19-10-14-5-3-2-4-6-14/h2-9,17H,10-12H2,1H3,(H,19,20). The lowest BCUT2D eigenvalue weighted by Gasteiger charge is -2.07. The molecule has 0 aliphatic rings. The summed E-state index contributed by atoms with van der Waals surface area (Å²) in [5.74, 6) is -0.0130. The zero-order chi connectivity index (χ0) is 14.2. The zero-order valence-corrected chi connectivity index (χ0v) is 11.6. The maximum absolute atomic E-state index is 11.7. The van der Waals surface area contributed by atoms with Crippen molar-refractivity contribution in [2.24, 2.45) is 0 Å². The summed E-state index contributed by atoms with van der Waals surface area (Å²) in [6.45, 7) is 3.45. The van der Waals surface area contributed by atoms with Crippen molar-refractivity contribution in [3.05, 3.63) is 65.5 Å². The number of nitrogens with zero attached hydrogens (tertiary/aromatic N) is 1. The maximum atomic E-state index is 11.7. The van der Waals surface area contributed by atoms with Crippen LogP contribution in [0.1, 0.15) is 16.8 Å². The number of amides is 1. The fraction of sp³-hybridized carbons (Fsp3) is 0.250. The van der Waals surface area contributed by atoms with Crippen molar-refractivity contribution >= 4 is 5.91 Å². The molecule has 4 nitrogen and oxygen atoms in total. The average Bonchev–Trinajstić information content (AvgIpc) is 2.48. The van der Waals surface area contributed by atoms with Crippen molar-refractivity contribution in [3.8, 4) is 0 Å². The van der Waals surface area contributed by atoms with Gasteiger partial charge < -0.3 is 10.6 Å². The minimum atomic E-state index is -0.0130. The molecule has 0 aliphatic carbocycles. The van der Waals surface area contributed by atoms with E-state index in [0.717, 1.165) is 16.8 Å². The lowest BCUT2D eigenvalue weighted by Crippen LogP contribution is -2.33. The molecule has 0 fully saturated rings. The summed E-state index contributed by atoms with van der Waals surface area (Å²) < 4.78 is 0. The molecule has 0 atom stereocenters. The van der Waals surface area contributed by atoms with Crippen LogP contribution in [0.4, 0.5) is 0 Å². The Morgan fingerprint density at radius 1 is 1.10 bits per heavy atom. The SMILES string of the molecule is Cc1ccc(CNCC(=O)NCc2ccccc2)nc1. The van der Waals surface area contributed by atoms with Gasteiger partial charge in [-0.3, -0.25) is 9.78 Å². The first kappa shape index (κ1) is 14.2. The van der Waals surface area contributed by atoms with Gasteiger partial charge in [-0.25, -0.2) is 0 Å². The van der Waals surface area contributed by atoms with Crippen LogP contribution in [0.5, 0.6) is 0 Å². The number of nitrogens with one attached hydrogen (secondary N) is 2. The van der Waals surface area contributed by atoms with Gasteiger partial charge in [-0.15, -0.1) is 0 Å². The highest BCUT2D eigenvalue weighted by Crippen LogP contribution is 1.98. The normalized spacial score (nSPS) is 10.2. The van der Waals surface area contributed by atoms with Crippen LogP contribution in [-0.2, 0) is 17.9 Å². The summed E-state index contributed by atoms with van der Waals surface area (Å²) in [7, 11) is 0. The Balaban J connectivity index is 1.66. The third kappa shape index (κ3) is 4.82. The van der Waals surface area contributed by atoms with Crippen LogP contribution in [0.25, 0.3) is 0 Å². The van der Waals surface area contributed by atoms with E-state index in [1.54, 1.807) is 0 Å². The van der Waals surface area contributed by atoms with E-state index in [1.807, 2.05) is 55.6 Å². The van der Waals surface area contributed by atoms with Crippen molar-refractivity contribution < 1.29 is 4.79 Å². The van der Waals surface area contributed by atoms with Crippen LogP contribution in [0.15, 0.2) is 48.7 Å². The maximum Gasteiger partial charge on any atom is 0.234 e. The summed E-state index contributed by atoms with van der Waals surface area (Å²) in [6, 6.07) is 13.8. The largest absolute Gasteiger partial charge is 0.351 e. The van der Waals surface area contributed by atoms with Crippen molar-refractivity contribution in [1.82, 2.24) is 15.6 Å². The Labute approximate surface area is 119 Å². The van der Waals surface area contributed by atoms with Gasteiger partial charge in [0.2, 0.25) is 5.91 Å². The highest BCUT2D eigenvalue weighted by molar-refractivity contribution is 5.77. The second-order valence-electron chi connectivity index (χ2n) is 4.69. The molecule has 1 amide bonds. The summed E-state index contributed by atoms with van der Waals surface area (Å²) in [5, 5.41) is 5.96. The molecule has 0 unspecified atom stereocenters. The molecule has 0 aliphatic heterocycles. The van der Waals surface area contributed by atoms with Gasteiger partial charge in [-0.1, -0.05) is 36.4 Å². The van der Waals surface area contributed by atoms with Gasteiger partial charge >= 0.3 is 0 Å². The molecule has 2 rings (SSSR count). The first-order valence-corrected chi connectivity index (χ1v) is 6.67. The Hall–Kier alpha value is -2.20.